The average Bonchev–Trinajstić information content (AvgIpc) is 3.56. The van der Waals surface area contributed by atoms with Crippen LogP contribution >= 0.6 is 0 Å². The van der Waals surface area contributed by atoms with Crippen LogP contribution in [0.3, 0.4) is 0 Å². The van der Waals surface area contributed by atoms with Crippen molar-refractivity contribution in [3.05, 3.63) is 23.8 Å². The number of ether oxygens (including phenoxy) is 2. The Morgan fingerprint density at radius 1 is 1.15 bits per heavy atom. The lowest BCUT2D eigenvalue weighted by Gasteiger charge is -2.37. The Bertz CT molecular complexity index is 865. The minimum absolute atomic E-state index is 0.0271. The van der Waals surface area contributed by atoms with E-state index >= 15 is 0 Å². The minimum Gasteiger partial charge on any atom is -0.491 e. The lowest BCUT2D eigenvalue weighted by Crippen LogP contribution is -2.47. The van der Waals surface area contributed by atoms with Crippen LogP contribution in [0.15, 0.2) is 18.2 Å². The van der Waals surface area contributed by atoms with Crippen LogP contribution in [-0.4, -0.2) is 74.2 Å². The van der Waals surface area contributed by atoms with E-state index in [-0.39, 0.29) is 35.8 Å². The molecule has 0 spiro atoms. The number of rotatable bonds is 5. The highest BCUT2D eigenvalue weighted by molar-refractivity contribution is 6.00. The molecule has 1 heterocycles. The van der Waals surface area contributed by atoms with Gasteiger partial charge >= 0.3 is 0 Å². The quantitative estimate of drug-likeness (QED) is 0.702. The van der Waals surface area contributed by atoms with E-state index in [1.165, 1.54) is 25.7 Å². The van der Waals surface area contributed by atoms with Crippen molar-refractivity contribution in [2.75, 3.05) is 45.7 Å². The Labute approximate surface area is 204 Å². The zero-order valence-electron chi connectivity index (χ0n) is 21.2. The summed E-state index contributed by atoms with van der Waals surface area (Å²) in [4.78, 5) is 30.0. The van der Waals surface area contributed by atoms with E-state index in [0.29, 0.717) is 30.2 Å². The maximum absolute atomic E-state index is 13.4. The first-order valence-electron chi connectivity index (χ1n) is 13.0. The van der Waals surface area contributed by atoms with Gasteiger partial charge in [-0.2, -0.15) is 0 Å². The van der Waals surface area contributed by atoms with Crippen LogP contribution in [0.1, 0.15) is 62.7 Å². The zero-order valence-corrected chi connectivity index (χ0v) is 21.2. The van der Waals surface area contributed by atoms with Gasteiger partial charge in [-0.05, 0) is 62.6 Å². The molecule has 2 amide bonds. The van der Waals surface area contributed by atoms with E-state index in [4.69, 9.17) is 9.47 Å². The lowest BCUT2D eigenvalue weighted by molar-refractivity contribution is -0.117. The zero-order chi connectivity index (χ0) is 24.2. The molecule has 0 bridgehead atoms. The first-order chi connectivity index (χ1) is 16.4. The summed E-state index contributed by atoms with van der Waals surface area (Å²) < 4.78 is 12.1. The van der Waals surface area contributed by atoms with Crippen molar-refractivity contribution in [2.45, 2.75) is 64.5 Å². The van der Waals surface area contributed by atoms with Gasteiger partial charge in [0.05, 0.1) is 11.7 Å². The number of likely N-dealkylation sites (N-methyl/N-ethyl adjacent to an activating group) is 1. The largest absolute Gasteiger partial charge is 0.491 e. The normalized spacial score (nSPS) is 27.5. The Morgan fingerprint density at radius 3 is 2.56 bits per heavy atom. The fourth-order valence-corrected chi connectivity index (χ4v) is 5.30. The highest BCUT2D eigenvalue weighted by atomic mass is 16.5. The minimum atomic E-state index is -0.122. The van der Waals surface area contributed by atoms with Gasteiger partial charge in [0.25, 0.3) is 5.91 Å². The number of carbonyl (C=O) groups excluding carboxylic acids is 2. The summed E-state index contributed by atoms with van der Waals surface area (Å²) in [6.45, 7) is 7.44. The predicted octanol–water partition coefficient (Wildman–Crippen LogP) is 4.03. The Kier molecular flexibility index (Phi) is 8.14. The monoisotopic (exact) mass is 471 g/mol. The molecule has 2 fully saturated rings. The molecule has 0 radical (unpaired) electrons. The number of anilines is 1. The first-order valence-corrected chi connectivity index (χ1v) is 13.0. The lowest BCUT2D eigenvalue weighted by atomic mass is 9.99. The van der Waals surface area contributed by atoms with E-state index in [2.05, 4.69) is 24.1 Å². The van der Waals surface area contributed by atoms with E-state index in [9.17, 15) is 9.59 Å². The molecule has 2 aliphatic carbocycles. The molecule has 1 aliphatic heterocycles. The predicted molar refractivity (Wildman–Crippen MR) is 133 cm³/mol. The summed E-state index contributed by atoms with van der Waals surface area (Å²) >= 11 is 0. The molecule has 3 aliphatic rings. The SMILES string of the molecule is CO[C@H]1CN(C)C(=O)c2cc(NC(=O)C3CC3)ccc2OC[C@H](C)N(CC2CCCC2)C[C@@H]1C. The molecule has 3 atom stereocenters. The van der Waals surface area contributed by atoms with Crippen molar-refractivity contribution in [1.29, 1.82) is 0 Å². The van der Waals surface area contributed by atoms with Crippen LogP contribution in [0.25, 0.3) is 0 Å². The molecule has 34 heavy (non-hydrogen) atoms. The molecule has 0 aromatic heterocycles. The van der Waals surface area contributed by atoms with Gasteiger partial charge in [0.1, 0.15) is 12.4 Å². The molecule has 7 heteroatoms. The summed E-state index contributed by atoms with van der Waals surface area (Å²) in [5.74, 6) is 1.59. The van der Waals surface area contributed by atoms with Crippen LogP contribution in [0.5, 0.6) is 5.75 Å². The van der Waals surface area contributed by atoms with E-state index in [1.807, 2.05) is 19.2 Å². The molecule has 0 unspecified atom stereocenters. The Morgan fingerprint density at radius 2 is 1.88 bits per heavy atom. The van der Waals surface area contributed by atoms with Gasteiger partial charge in [0.2, 0.25) is 5.91 Å². The highest BCUT2D eigenvalue weighted by Crippen LogP contribution is 2.32. The fourth-order valence-electron chi connectivity index (χ4n) is 5.30. The van der Waals surface area contributed by atoms with Crippen LogP contribution in [0.4, 0.5) is 5.69 Å². The van der Waals surface area contributed by atoms with Crippen molar-refractivity contribution in [2.24, 2.45) is 17.8 Å². The molecule has 1 aromatic rings. The van der Waals surface area contributed by atoms with Crippen LogP contribution in [0.2, 0.25) is 0 Å². The van der Waals surface area contributed by atoms with Crippen LogP contribution < -0.4 is 10.1 Å². The second kappa shape index (κ2) is 11.1. The second-order valence-corrected chi connectivity index (χ2v) is 10.7. The van der Waals surface area contributed by atoms with Gasteiger partial charge < -0.3 is 19.7 Å². The van der Waals surface area contributed by atoms with Gasteiger partial charge in [0, 0.05) is 51.4 Å². The van der Waals surface area contributed by atoms with Gasteiger partial charge in [-0.3, -0.25) is 14.5 Å². The van der Waals surface area contributed by atoms with Gasteiger partial charge in [-0.25, -0.2) is 0 Å². The van der Waals surface area contributed by atoms with Crippen molar-refractivity contribution >= 4 is 17.5 Å². The van der Waals surface area contributed by atoms with Crippen LogP contribution in [-0.2, 0) is 9.53 Å². The number of hydrogen-bond acceptors (Lipinski definition) is 5. The smallest absolute Gasteiger partial charge is 0.257 e. The topological polar surface area (TPSA) is 71.1 Å². The molecule has 1 aromatic carbocycles. The fraction of sp³-hybridized carbons (Fsp3) is 0.704. The van der Waals surface area contributed by atoms with E-state index in [1.54, 1.807) is 18.1 Å². The van der Waals surface area contributed by atoms with Gasteiger partial charge in [-0.1, -0.05) is 19.8 Å². The van der Waals surface area contributed by atoms with Crippen molar-refractivity contribution < 1.29 is 19.1 Å². The Balaban J connectivity index is 1.59. The van der Waals surface area contributed by atoms with Crippen LogP contribution in [0, 0.1) is 17.8 Å². The summed E-state index contributed by atoms with van der Waals surface area (Å²) in [7, 11) is 3.55. The van der Waals surface area contributed by atoms with Gasteiger partial charge in [-0.15, -0.1) is 0 Å². The number of carbonyl (C=O) groups is 2. The van der Waals surface area contributed by atoms with Crippen molar-refractivity contribution in [3.8, 4) is 5.75 Å². The van der Waals surface area contributed by atoms with Gasteiger partial charge in [0.15, 0.2) is 0 Å². The van der Waals surface area contributed by atoms with Crippen molar-refractivity contribution in [3.63, 3.8) is 0 Å². The molecule has 1 N–H and O–H groups in total. The number of nitrogens with zero attached hydrogens (tertiary/aromatic N) is 2. The molecule has 2 saturated carbocycles. The van der Waals surface area contributed by atoms with Crippen molar-refractivity contribution in [1.82, 2.24) is 9.80 Å². The number of hydrogen-bond donors (Lipinski definition) is 1. The second-order valence-electron chi connectivity index (χ2n) is 10.7. The molecular formula is C27H41N3O4. The standard InChI is InChI=1S/C27H41N3O4/c1-18-14-30(15-20-7-5-6-8-20)19(2)17-34-24-12-11-22(28-26(31)21-9-10-21)13-23(24)27(32)29(3)16-25(18)33-4/h11-13,18-21,25H,5-10,14-17H2,1-4H3,(H,28,31)/t18-,19-,25-/m0/s1. The third kappa shape index (κ3) is 6.11. The summed E-state index contributed by atoms with van der Waals surface area (Å²) in [6.07, 6.45) is 7.09. The molecule has 188 valence electrons. The molecule has 0 saturated heterocycles. The number of nitrogens with one attached hydrogen (secondary N) is 1. The average molecular weight is 472 g/mol. The number of methoxy groups -OCH3 is 1. The first kappa shape index (κ1) is 25.0. The maximum atomic E-state index is 13.4. The number of amides is 2. The van der Waals surface area contributed by atoms with E-state index in [0.717, 1.165) is 31.8 Å². The molecule has 7 nitrogen and oxygen atoms in total. The van der Waals surface area contributed by atoms with E-state index < -0.39 is 0 Å². The highest BCUT2D eigenvalue weighted by Gasteiger charge is 2.31. The third-order valence-electron chi connectivity index (χ3n) is 7.76. The number of fused-ring (bicyclic) bond motifs is 1. The summed E-state index contributed by atoms with van der Waals surface area (Å²) in [5.41, 5.74) is 1.12. The Hall–Kier alpha value is -2.12. The third-order valence-corrected chi connectivity index (χ3v) is 7.76. The molecular weight excluding hydrogens is 430 g/mol. The number of benzene rings is 1. The summed E-state index contributed by atoms with van der Waals surface area (Å²) in [6, 6.07) is 5.63. The molecule has 4 rings (SSSR count). The summed E-state index contributed by atoms with van der Waals surface area (Å²) in [5, 5.41) is 2.96. The maximum Gasteiger partial charge on any atom is 0.257 e.